The van der Waals surface area contributed by atoms with Gasteiger partial charge in [-0.2, -0.15) is 0 Å². The van der Waals surface area contributed by atoms with Gasteiger partial charge >= 0.3 is 0 Å². The number of nitrogens with zero attached hydrogens (tertiary/aromatic N) is 4. The van der Waals surface area contributed by atoms with Crippen LogP contribution in [0.5, 0.6) is 0 Å². The number of aromatic amines is 1. The van der Waals surface area contributed by atoms with Crippen molar-refractivity contribution in [1.82, 2.24) is 9.97 Å². The molecule has 0 radical (unpaired) electrons. The van der Waals surface area contributed by atoms with E-state index in [-0.39, 0.29) is 11.3 Å². The molecular weight excluding hydrogens is 266 g/mol. The van der Waals surface area contributed by atoms with E-state index in [0.29, 0.717) is 11.0 Å². The molecule has 0 aliphatic carbocycles. The van der Waals surface area contributed by atoms with Gasteiger partial charge in [0.15, 0.2) is 0 Å². The molecule has 21 heavy (non-hydrogen) atoms. The lowest BCUT2D eigenvalue weighted by Crippen LogP contribution is -2.18. The summed E-state index contributed by atoms with van der Waals surface area (Å²) in [5.74, 6) is 0. The topological polar surface area (TPSA) is 94.5 Å². The molecule has 6 heteroatoms. The van der Waals surface area contributed by atoms with Crippen LogP contribution < -0.4 is 5.56 Å². The Bertz CT molecular complexity index is 881. The number of hydrogen-bond donors (Lipinski definition) is 1. The molecule has 3 rings (SSSR count). The second-order valence-electron chi connectivity index (χ2n) is 4.49. The first-order valence-corrected chi connectivity index (χ1v) is 6.37. The van der Waals surface area contributed by atoms with Crippen molar-refractivity contribution in [2.24, 2.45) is 5.11 Å². The van der Waals surface area contributed by atoms with Crippen LogP contribution in [0.2, 0.25) is 0 Å². The molecule has 0 amide bonds. The van der Waals surface area contributed by atoms with E-state index in [1.807, 2.05) is 30.3 Å². The van der Waals surface area contributed by atoms with Crippen LogP contribution in [0.1, 0.15) is 17.3 Å². The first kappa shape index (κ1) is 12.9. The van der Waals surface area contributed by atoms with Crippen molar-refractivity contribution in [3.05, 3.63) is 86.7 Å². The fourth-order valence-corrected chi connectivity index (χ4v) is 2.20. The first-order valence-electron chi connectivity index (χ1n) is 6.37. The molecule has 0 unspecified atom stereocenters. The number of rotatable bonds is 3. The zero-order chi connectivity index (χ0) is 14.7. The number of aromatic nitrogens is 2. The summed E-state index contributed by atoms with van der Waals surface area (Å²) in [6.45, 7) is 0. The van der Waals surface area contributed by atoms with E-state index in [0.717, 1.165) is 5.56 Å². The van der Waals surface area contributed by atoms with Crippen molar-refractivity contribution in [3.8, 4) is 0 Å². The zero-order valence-electron chi connectivity index (χ0n) is 11.0. The number of benzene rings is 2. The first-order chi connectivity index (χ1) is 10.3. The van der Waals surface area contributed by atoms with E-state index >= 15 is 0 Å². The molecule has 6 nitrogen and oxygen atoms in total. The van der Waals surface area contributed by atoms with Crippen molar-refractivity contribution in [2.75, 3.05) is 0 Å². The second kappa shape index (κ2) is 5.48. The van der Waals surface area contributed by atoms with E-state index in [4.69, 9.17) is 5.53 Å². The molecule has 0 saturated heterocycles. The predicted molar refractivity (Wildman–Crippen MR) is 79.8 cm³/mol. The summed E-state index contributed by atoms with van der Waals surface area (Å²) in [5, 5.41) is 3.73. The van der Waals surface area contributed by atoms with E-state index in [1.165, 1.54) is 0 Å². The van der Waals surface area contributed by atoms with Crippen LogP contribution in [0.25, 0.3) is 21.5 Å². The minimum atomic E-state index is -0.746. The van der Waals surface area contributed by atoms with Crippen molar-refractivity contribution in [2.45, 2.75) is 6.04 Å². The minimum absolute atomic E-state index is 0.192. The lowest BCUT2D eigenvalue weighted by atomic mass is 10.0. The van der Waals surface area contributed by atoms with Gasteiger partial charge in [-0.3, -0.25) is 4.79 Å². The Morgan fingerprint density at radius 2 is 1.81 bits per heavy atom. The summed E-state index contributed by atoms with van der Waals surface area (Å²) in [6, 6.07) is 15.6. The fraction of sp³-hybridized carbons (Fsp3) is 0.0667. The van der Waals surface area contributed by atoms with Crippen LogP contribution in [0.15, 0.2) is 64.5 Å². The van der Waals surface area contributed by atoms with Gasteiger partial charge in [0.2, 0.25) is 0 Å². The molecule has 0 bridgehead atoms. The van der Waals surface area contributed by atoms with Gasteiger partial charge in [-0.15, -0.1) is 0 Å². The third-order valence-electron chi connectivity index (χ3n) is 3.17. The highest BCUT2D eigenvalue weighted by Crippen LogP contribution is 2.23. The van der Waals surface area contributed by atoms with Crippen LogP contribution >= 0.6 is 0 Å². The maximum absolute atomic E-state index is 12.2. The molecule has 0 fully saturated rings. The van der Waals surface area contributed by atoms with E-state index in [9.17, 15) is 4.79 Å². The van der Waals surface area contributed by atoms with Gasteiger partial charge in [0.1, 0.15) is 11.7 Å². The summed E-state index contributed by atoms with van der Waals surface area (Å²) in [4.78, 5) is 22.2. The van der Waals surface area contributed by atoms with Crippen molar-refractivity contribution < 1.29 is 0 Å². The van der Waals surface area contributed by atoms with E-state index < -0.39 is 6.04 Å². The number of azide groups is 1. The average molecular weight is 277 g/mol. The van der Waals surface area contributed by atoms with Gasteiger partial charge in [-0.25, -0.2) is 4.98 Å². The molecule has 0 saturated carbocycles. The quantitative estimate of drug-likeness (QED) is 0.451. The Balaban J connectivity index is 2.22. The van der Waals surface area contributed by atoms with Crippen LogP contribution in [0, 0.1) is 0 Å². The molecule has 0 aliphatic heterocycles. The predicted octanol–water partition coefficient (Wildman–Crippen LogP) is 3.32. The summed E-state index contributed by atoms with van der Waals surface area (Å²) < 4.78 is 0. The number of H-pyrrole nitrogens is 1. The maximum Gasteiger partial charge on any atom is 0.270 e. The van der Waals surface area contributed by atoms with Crippen LogP contribution in [-0.4, -0.2) is 9.97 Å². The number of fused-ring (bicyclic) bond motifs is 1. The summed E-state index contributed by atoms with van der Waals surface area (Å²) in [7, 11) is 0. The normalized spacial score (nSPS) is 11.8. The number of para-hydroxylation sites is 2. The minimum Gasteiger partial charge on any atom is -0.319 e. The zero-order valence-corrected chi connectivity index (χ0v) is 11.0. The molecule has 1 heterocycles. The second-order valence-corrected chi connectivity index (χ2v) is 4.49. The van der Waals surface area contributed by atoms with Gasteiger partial charge in [0, 0.05) is 4.91 Å². The Morgan fingerprint density at radius 1 is 1.10 bits per heavy atom. The molecule has 0 spiro atoms. The molecule has 102 valence electrons. The third kappa shape index (κ3) is 2.48. The van der Waals surface area contributed by atoms with Gasteiger partial charge < -0.3 is 4.98 Å². The summed E-state index contributed by atoms with van der Waals surface area (Å²) >= 11 is 0. The van der Waals surface area contributed by atoms with Crippen molar-refractivity contribution in [3.63, 3.8) is 0 Å². The Hall–Kier alpha value is -3.11. The Kier molecular flexibility index (Phi) is 3.37. The molecule has 0 aliphatic rings. The van der Waals surface area contributed by atoms with Crippen molar-refractivity contribution in [1.29, 1.82) is 0 Å². The van der Waals surface area contributed by atoms with Crippen LogP contribution in [-0.2, 0) is 0 Å². The number of nitrogens with one attached hydrogen (secondary N) is 1. The highest BCUT2D eigenvalue weighted by atomic mass is 16.1. The number of hydrogen-bond acceptors (Lipinski definition) is 3. The molecule has 3 aromatic rings. The highest BCUT2D eigenvalue weighted by Gasteiger charge is 2.18. The van der Waals surface area contributed by atoms with Gasteiger partial charge in [-0.05, 0) is 23.2 Å². The van der Waals surface area contributed by atoms with E-state index in [1.54, 1.807) is 24.3 Å². The van der Waals surface area contributed by atoms with Gasteiger partial charge in [0.25, 0.3) is 5.56 Å². The molecule has 2 aromatic carbocycles. The molecule has 1 N–H and O–H groups in total. The maximum atomic E-state index is 12.2. The van der Waals surface area contributed by atoms with Crippen LogP contribution in [0.3, 0.4) is 0 Å². The summed E-state index contributed by atoms with van der Waals surface area (Å²) in [6.07, 6.45) is 0. The Labute approximate surface area is 119 Å². The van der Waals surface area contributed by atoms with Gasteiger partial charge in [-0.1, -0.05) is 47.6 Å². The lowest BCUT2D eigenvalue weighted by molar-refractivity contribution is 0.805. The third-order valence-corrected chi connectivity index (χ3v) is 3.17. The average Bonchev–Trinajstić information content (AvgIpc) is 2.53. The largest absolute Gasteiger partial charge is 0.319 e. The standard InChI is InChI=1S/C15H11N5O/c16-20-19-13(10-6-2-1-3-7-10)14-15(21)18-12-9-5-4-8-11(12)17-14/h1-9,13H,(H,18,21)/t13-/m1/s1. The van der Waals surface area contributed by atoms with E-state index in [2.05, 4.69) is 20.0 Å². The molecule has 1 atom stereocenters. The fourth-order valence-electron chi connectivity index (χ4n) is 2.20. The monoisotopic (exact) mass is 277 g/mol. The molecular formula is C15H11N5O. The Morgan fingerprint density at radius 3 is 2.57 bits per heavy atom. The van der Waals surface area contributed by atoms with Crippen molar-refractivity contribution >= 4 is 11.0 Å². The molecule has 1 aromatic heterocycles. The smallest absolute Gasteiger partial charge is 0.270 e. The highest BCUT2D eigenvalue weighted by molar-refractivity contribution is 5.73. The lowest BCUT2D eigenvalue weighted by Gasteiger charge is -2.10. The SMILES string of the molecule is [N-]=[N+]=N[C@H](c1ccccc1)c1nc2ccccc2[nH]c1=O. The van der Waals surface area contributed by atoms with Gasteiger partial charge in [0.05, 0.1) is 11.0 Å². The van der Waals surface area contributed by atoms with Crippen LogP contribution in [0.4, 0.5) is 0 Å². The summed E-state index contributed by atoms with van der Waals surface area (Å²) in [5.41, 5.74) is 10.7.